The predicted molar refractivity (Wildman–Crippen MR) is 123 cm³/mol. The highest BCUT2D eigenvalue weighted by molar-refractivity contribution is 7.20. The highest BCUT2D eigenvalue weighted by Crippen LogP contribution is 2.36. The molecule has 4 aromatic rings. The van der Waals surface area contributed by atoms with E-state index in [1.165, 1.54) is 30.7 Å². The van der Waals surface area contributed by atoms with E-state index in [1.54, 1.807) is 12.1 Å². The molecule has 0 spiro atoms. The molecule has 7 nitrogen and oxygen atoms in total. The van der Waals surface area contributed by atoms with Crippen LogP contribution in [0.25, 0.3) is 27.6 Å². The number of rotatable bonds is 5. The number of para-hydroxylation sites is 2. The maximum Gasteiger partial charge on any atom is 0.340 e. The first-order valence-electron chi connectivity index (χ1n) is 9.51. The molecule has 0 saturated heterocycles. The van der Waals surface area contributed by atoms with Crippen molar-refractivity contribution in [2.45, 2.75) is 0 Å². The van der Waals surface area contributed by atoms with Crippen molar-refractivity contribution in [3.05, 3.63) is 83.7 Å². The van der Waals surface area contributed by atoms with E-state index in [4.69, 9.17) is 4.74 Å². The minimum absolute atomic E-state index is 0.167. The lowest BCUT2D eigenvalue weighted by Crippen LogP contribution is -2.15. The van der Waals surface area contributed by atoms with Gasteiger partial charge in [-0.25, -0.2) is 9.78 Å². The summed E-state index contributed by atoms with van der Waals surface area (Å²) in [6.45, 7) is 0. The monoisotopic (exact) mass is 440 g/mol. The highest BCUT2D eigenvalue weighted by Gasteiger charge is 2.21. The van der Waals surface area contributed by atoms with Crippen molar-refractivity contribution in [1.29, 1.82) is 5.26 Å². The molecule has 1 N–H and O–H groups in total. The van der Waals surface area contributed by atoms with Gasteiger partial charge in [-0.15, -0.1) is 11.3 Å². The molecule has 0 bridgehead atoms. The number of nitrogens with zero attached hydrogens (tertiary/aromatic N) is 3. The molecular formula is C24H16N4O3S. The van der Waals surface area contributed by atoms with Gasteiger partial charge >= 0.3 is 5.97 Å². The van der Waals surface area contributed by atoms with E-state index >= 15 is 0 Å². The van der Waals surface area contributed by atoms with Crippen LogP contribution in [0.5, 0.6) is 0 Å². The van der Waals surface area contributed by atoms with Crippen LogP contribution in [-0.2, 0) is 9.53 Å². The minimum Gasteiger partial charge on any atom is -0.465 e. The lowest BCUT2D eigenvalue weighted by atomic mass is 10.1. The fourth-order valence-corrected chi connectivity index (χ4v) is 4.04. The number of amides is 1. The number of carbonyl (C=O) groups excluding carboxylic acids is 2. The number of fused-ring (bicyclic) bond motifs is 1. The van der Waals surface area contributed by atoms with Gasteiger partial charge in [0.25, 0.3) is 5.91 Å². The number of thiophene rings is 1. The number of hydrogen-bond donors (Lipinski definition) is 1. The maximum atomic E-state index is 12.8. The van der Waals surface area contributed by atoms with Gasteiger partial charge in [0, 0.05) is 4.88 Å². The van der Waals surface area contributed by atoms with Crippen LogP contribution >= 0.6 is 11.3 Å². The number of hydrogen-bond acceptors (Lipinski definition) is 7. The van der Waals surface area contributed by atoms with Gasteiger partial charge in [0.1, 0.15) is 16.6 Å². The smallest absolute Gasteiger partial charge is 0.340 e. The molecule has 0 fully saturated rings. The third kappa shape index (κ3) is 4.38. The van der Waals surface area contributed by atoms with Gasteiger partial charge in [-0.05, 0) is 29.8 Å². The number of nitriles is 1. The first-order chi connectivity index (χ1) is 15.6. The summed E-state index contributed by atoms with van der Waals surface area (Å²) in [6, 6.07) is 20.3. The van der Waals surface area contributed by atoms with E-state index in [1.807, 2.05) is 54.6 Å². The fourth-order valence-electron chi connectivity index (χ4n) is 3.00. The molecule has 0 unspecified atom stereocenters. The van der Waals surface area contributed by atoms with Crippen molar-refractivity contribution in [3.8, 4) is 16.5 Å². The van der Waals surface area contributed by atoms with Crippen molar-refractivity contribution in [2.24, 2.45) is 0 Å². The zero-order valence-electron chi connectivity index (χ0n) is 16.9. The van der Waals surface area contributed by atoms with Gasteiger partial charge < -0.3 is 10.1 Å². The fraction of sp³-hybridized carbons (Fsp3) is 0.0417. The Hall–Kier alpha value is -4.35. The number of methoxy groups -OCH3 is 1. The number of esters is 1. The standard InChI is InChI=1S/C24H16N4O3S/c1-31-24(30)18-12-21(15-7-3-2-4-8-15)32-23(18)28-22(29)16(13-25)11-17-14-26-19-9-5-6-10-20(19)27-17/h2-12,14H,1H3,(H,28,29)/b16-11+. The van der Waals surface area contributed by atoms with Crippen molar-refractivity contribution < 1.29 is 14.3 Å². The molecule has 8 heteroatoms. The predicted octanol–water partition coefficient (Wildman–Crippen LogP) is 4.69. The van der Waals surface area contributed by atoms with Gasteiger partial charge in [0.05, 0.1) is 35.6 Å². The quantitative estimate of drug-likeness (QED) is 0.274. The lowest BCUT2D eigenvalue weighted by molar-refractivity contribution is -0.112. The molecule has 0 radical (unpaired) electrons. The Morgan fingerprint density at radius 2 is 1.81 bits per heavy atom. The SMILES string of the molecule is COC(=O)c1cc(-c2ccccc2)sc1NC(=O)/C(C#N)=C/c1cnc2ccccc2n1. The Bertz CT molecular complexity index is 1390. The third-order valence-electron chi connectivity index (χ3n) is 4.55. The number of carbonyl (C=O) groups is 2. The molecule has 156 valence electrons. The van der Waals surface area contributed by atoms with Crippen molar-refractivity contribution in [1.82, 2.24) is 9.97 Å². The van der Waals surface area contributed by atoms with E-state index in [9.17, 15) is 14.9 Å². The summed E-state index contributed by atoms with van der Waals surface area (Å²) in [4.78, 5) is 34.6. The van der Waals surface area contributed by atoms with Crippen molar-refractivity contribution in [2.75, 3.05) is 12.4 Å². The molecule has 4 rings (SSSR count). The minimum atomic E-state index is -0.658. The van der Waals surface area contributed by atoms with Crippen LogP contribution in [-0.4, -0.2) is 29.0 Å². The van der Waals surface area contributed by atoms with E-state index in [0.29, 0.717) is 21.7 Å². The molecule has 0 saturated carbocycles. The Balaban J connectivity index is 1.65. The van der Waals surface area contributed by atoms with Crippen LogP contribution in [0.3, 0.4) is 0 Å². The lowest BCUT2D eigenvalue weighted by Gasteiger charge is -2.04. The van der Waals surface area contributed by atoms with Gasteiger partial charge in [-0.1, -0.05) is 42.5 Å². The summed E-state index contributed by atoms with van der Waals surface area (Å²) < 4.78 is 4.85. The summed E-state index contributed by atoms with van der Waals surface area (Å²) in [6.07, 6.45) is 2.85. The topological polar surface area (TPSA) is 105 Å². The second-order valence-corrected chi connectivity index (χ2v) is 7.67. The van der Waals surface area contributed by atoms with Crippen molar-refractivity contribution in [3.63, 3.8) is 0 Å². The number of aromatic nitrogens is 2. The van der Waals surface area contributed by atoms with Gasteiger partial charge in [0.15, 0.2) is 0 Å². The molecule has 2 aromatic heterocycles. The highest BCUT2D eigenvalue weighted by atomic mass is 32.1. The average molecular weight is 440 g/mol. The second kappa shape index (κ2) is 9.20. The van der Waals surface area contributed by atoms with Crippen LogP contribution in [0, 0.1) is 11.3 Å². The number of ether oxygens (including phenoxy) is 1. The van der Waals surface area contributed by atoms with Crippen LogP contribution in [0.2, 0.25) is 0 Å². The van der Waals surface area contributed by atoms with Crippen LogP contribution in [0.4, 0.5) is 5.00 Å². The zero-order chi connectivity index (χ0) is 22.5. The molecule has 2 heterocycles. The molecule has 2 aromatic carbocycles. The maximum absolute atomic E-state index is 12.8. The van der Waals surface area contributed by atoms with Gasteiger partial charge in [0.2, 0.25) is 0 Å². The van der Waals surface area contributed by atoms with E-state index < -0.39 is 11.9 Å². The Morgan fingerprint density at radius 3 is 2.53 bits per heavy atom. The molecule has 32 heavy (non-hydrogen) atoms. The summed E-state index contributed by atoms with van der Waals surface area (Å²) >= 11 is 1.22. The Labute approximate surface area is 187 Å². The van der Waals surface area contributed by atoms with Crippen LogP contribution in [0.15, 0.2) is 72.4 Å². The second-order valence-electron chi connectivity index (χ2n) is 6.62. The first-order valence-corrected chi connectivity index (χ1v) is 10.3. The molecule has 0 aliphatic carbocycles. The molecular weight excluding hydrogens is 424 g/mol. The molecule has 0 atom stereocenters. The molecule has 1 amide bonds. The van der Waals surface area contributed by atoms with Crippen molar-refractivity contribution >= 4 is 45.3 Å². The Kier molecular flexibility index (Phi) is 6.01. The zero-order valence-corrected chi connectivity index (χ0v) is 17.7. The molecule has 0 aliphatic heterocycles. The molecule has 0 aliphatic rings. The average Bonchev–Trinajstić information content (AvgIpc) is 3.26. The summed E-state index contributed by atoms with van der Waals surface area (Å²) in [5.74, 6) is -1.24. The summed E-state index contributed by atoms with van der Waals surface area (Å²) in [7, 11) is 1.27. The largest absolute Gasteiger partial charge is 0.465 e. The Morgan fingerprint density at radius 1 is 1.09 bits per heavy atom. The van der Waals surface area contributed by atoms with Gasteiger partial charge in [-0.2, -0.15) is 5.26 Å². The summed E-state index contributed by atoms with van der Waals surface area (Å²) in [5.41, 5.74) is 2.68. The first kappa shape index (κ1) is 20.9. The number of nitrogens with one attached hydrogen (secondary N) is 1. The van der Waals surface area contributed by atoms with E-state index in [0.717, 1.165) is 10.4 Å². The van der Waals surface area contributed by atoms with E-state index in [2.05, 4.69) is 15.3 Å². The third-order valence-corrected chi connectivity index (χ3v) is 5.65. The summed E-state index contributed by atoms with van der Waals surface area (Å²) in [5, 5.41) is 12.5. The van der Waals surface area contributed by atoms with Crippen LogP contribution in [0.1, 0.15) is 16.1 Å². The number of anilines is 1. The van der Waals surface area contributed by atoms with E-state index in [-0.39, 0.29) is 11.1 Å². The number of benzene rings is 2. The van der Waals surface area contributed by atoms with Gasteiger partial charge in [-0.3, -0.25) is 9.78 Å². The normalized spacial score (nSPS) is 11.1. The van der Waals surface area contributed by atoms with Crippen LogP contribution < -0.4 is 5.32 Å².